The van der Waals surface area contributed by atoms with Crippen molar-refractivity contribution >= 4 is 10.2 Å². The minimum absolute atomic E-state index is 0.0714. The van der Waals surface area contributed by atoms with E-state index < -0.39 is 10.2 Å². The van der Waals surface area contributed by atoms with Gasteiger partial charge in [-0.1, -0.05) is 6.92 Å². The summed E-state index contributed by atoms with van der Waals surface area (Å²) in [7, 11) is -3.37. The van der Waals surface area contributed by atoms with Gasteiger partial charge < -0.3 is 10.5 Å². The molecule has 1 heterocycles. The topological polar surface area (TPSA) is 84.7 Å². The highest BCUT2D eigenvalue weighted by Crippen LogP contribution is 2.06. The van der Waals surface area contributed by atoms with Gasteiger partial charge >= 0.3 is 0 Å². The van der Waals surface area contributed by atoms with Gasteiger partial charge in [0.1, 0.15) is 0 Å². The molecule has 0 saturated carbocycles. The van der Waals surface area contributed by atoms with Gasteiger partial charge in [0, 0.05) is 19.1 Å². The predicted molar refractivity (Wildman–Crippen MR) is 62.2 cm³/mol. The van der Waals surface area contributed by atoms with Crippen LogP contribution in [-0.2, 0) is 14.9 Å². The molecular weight excluding hydrogens is 230 g/mol. The van der Waals surface area contributed by atoms with E-state index in [1.165, 1.54) is 4.31 Å². The first-order valence-electron chi connectivity index (χ1n) is 5.65. The van der Waals surface area contributed by atoms with Crippen molar-refractivity contribution in [3.8, 4) is 0 Å². The molecular formula is C9H21N3O3S. The number of nitrogens with zero attached hydrogens (tertiary/aromatic N) is 1. The lowest BCUT2D eigenvalue weighted by atomic mass is 10.2. The van der Waals surface area contributed by atoms with Crippen LogP contribution < -0.4 is 10.5 Å². The van der Waals surface area contributed by atoms with E-state index in [0.29, 0.717) is 39.3 Å². The van der Waals surface area contributed by atoms with Gasteiger partial charge in [-0.3, -0.25) is 0 Å². The van der Waals surface area contributed by atoms with E-state index in [-0.39, 0.29) is 6.04 Å². The summed E-state index contributed by atoms with van der Waals surface area (Å²) in [6.07, 6.45) is 1.42. The average Bonchev–Trinajstić information content (AvgIpc) is 2.29. The van der Waals surface area contributed by atoms with Gasteiger partial charge in [0.2, 0.25) is 0 Å². The Kier molecular flexibility index (Phi) is 5.63. The number of hydrogen-bond donors (Lipinski definition) is 2. The van der Waals surface area contributed by atoms with Crippen LogP contribution in [-0.4, -0.2) is 51.6 Å². The maximum atomic E-state index is 11.9. The van der Waals surface area contributed by atoms with Crippen molar-refractivity contribution in [2.75, 3.05) is 32.8 Å². The normalized spacial score (nSPS) is 20.9. The fourth-order valence-electron chi connectivity index (χ4n) is 1.62. The Hall–Kier alpha value is -0.210. The van der Waals surface area contributed by atoms with Crippen molar-refractivity contribution in [2.24, 2.45) is 5.73 Å². The van der Waals surface area contributed by atoms with Gasteiger partial charge in [-0.25, -0.2) is 0 Å². The second-order valence-corrected chi connectivity index (χ2v) is 5.52. The Morgan fingerprint density at radius 2 is 2.06 bits per heavy atom. The quantitative estimate of drug-likeness (QED) is 0.652. The molecule has 0 radical (unpaired) electrons. The van der Waals surface area contributed by atoms with Crippen LogP contribution >= 0.6 is 0 Å². The number of nitrogens with two attached hydrogens (primary N) is 1. The van der Waals surface area contributed by atoms with E-state index in [2.05, 4.69) is 4.72 Å². The van der Waals surface area contributed by atoms with Crippen LogP contribution in [0, 0.1) is 0 Å². The van der Waals surface area contributed by atoms with Gasteiger partial charge in [0.15, 0.2) is 0 Å². The van der Waals surface area contributed by atoms with Crippen LogP contribution in [0.25, 0.3) is 0 Å². The molecule has 16 heavy (non-hydrogen) atoms. The van der Waals surface area contributed by atoms with E-state index in [0.717, 1.165) is 6.42 Å². The highest BCUT2D eigenvalue weighted by atomic mass is 32.2. The molecule has 1 unspecified atom stereocenters. The summed E-state index contributed by atoms with van der Waals surface area (Å²) in [6, 6.07) is -0.0714. The van der Waals surface area contributed by atoms with Gasteiger partial charge in [0.25, 0.3) is 10.2 Å². The highest BCUT2D eigenvalue weighted by molar-refractivity contribution is 7.87. The Bertz CT molecular complexity index is 288. The molecule has 96 valence electrons. The Balaban J connectivity index is 2.54. The van der Waals surface area contributed by atoms with Crippen molar-refractivity contribution in [3.63, 3.8) is 0 Å². The number of hydrogen-bond acceptors (Lipinski definition) is 4. The van der Waals surface area contributed by atoms with Gasteiger partial charge in [-0.05, 0) is 19.4 Å². The molecule has 0 aromatic rings. The van der Waals surface area contributed by atoms with E-state index in [9.17, 15) is 8.42 Å². The molecule has 7 heteroatoms. The van der Waals surface area contributed by atoms with Crippen molar-refractivity contribution in [2.45, 2.75) is 25.8 Å². The first-order chi connectivity index (χ1) is 7.60. The molecule has 1 fully saturated rings. The summed E-state index contributed by atoms with van der Waals surface area (Å²) >= 11 is 0. The molecule has 0 aromatic carbocycles. The summed E-state index contributed by atoms with van der Waals surface area (Å²) in [6.45, 7) is 4.22. The largest absolute Gasteiger partial charge is 0.379 e. The van der Waals surface area contributed by atoms with Crippen molar-refractivity contribution in [1.29, 1.82) is 0 Å². The van der Waals surface area contributed by atoms with Crippen LogP contribution in [0.2, 0.25) is 0 Å². The third kappa shape index (κ3) is 3.99. The third-order valence-corrected chi connectivity index (χ3v) is 4.31. The molecule has 0 spiro atoms. The average molecular weight is 251 g/mol. The number of ether oxygens (including phenoxy) is 1. The standard InChI is InChI=1S/C9H21N3O3S/c1-2-9(3-4-10)11-16(13,14)12-5-7-15-8-6-12/h9,11H,2-8,10H2,1H3. The van der Waals surface area contributed by atoms with Crippen LogP contribution in [0.3, 0.4) is 0 Å². The van der Waals surface area contributed by atoms with Gasteiger partial charge in [0.05, 0.1) is 13.2 Å². The zero-order valence-corrected chi connectivity index (χ0v) is 10.5. The highest BCUT2D eigenvalue weighted by Gasteiger charge is 2.25. The minimum Gasteiger partial charge on any atom is -0.379 e. The van der Waals surface area contributed by atoms with Crippen LogP contribution in [0.15, 0.2) is 0 Å². The monoisotopic (exact) mass is 251 g/mol. The first-order valence-corrected chi connectivity index (χ1v) is 7.09. The lowest BCUT2D eigenvalue weighted by Crippen LogP contribution is -2.49. The molecule has 0 bridgehead atoms. The SMILES string of the molecule is CCC(CCN)NS(=O)(=O)N1CCOCC1. The van der Waals surface area contributed by atoms with E-state index in [1.54, 1.807) is 0 Å². The van der Waals surface area contributed by atoms with E-state index in [4.69, 9.17) is 10.5 Å². The van der Waals surface area contributed by atoms with Crippen LogP contribution in [0.4, 0.5) is 0 Å². The number of nitrogens with one attached hydrogen (secondary N) is 1. The Labute approximate surface area is 97.3 Å². The van der Waals surface area contributed by atoms with Crippen molar-refractivity contribution in [3.05, 3.63) is 0 Å². The van der Waals surface area contributed by atoms with Crippen LogP contribution in [0.1, 0.15) is 19.8 Å². The summed E-state index contributed by atoms with van der Waals surface area (Å²) in [4.78, 5) is 0. The molecule has 0 aliphatic carbocycles. The second kappa shape index (κ2) is 6.51. The Morgan fingerprint density at radius 1 is 1.44 bits per heavy atom. The molecule has 3 N–H and O–H groups in total. The van der Waals surface area contributed by atoms with Crippen molar-refractivity contribution in [1.82, 2.24) is 9.03 Å². The molecule has 1 rings (SSSR count). The second-order valence-electron chi connectivity index (χ2n) is 3.82. The lowest BCUT2D eigenvalue weighted by molar-refractivity contribution is 0.0723. The van der Waals surface area contributed by atoms with Gasteiger partial charge in [-0.15, -0.1) is 0 Å². The summed E-state index contributed by atoms with van der Waals surface area (Å²) in [5.74, 6) is 0. The minimum atomic E-state index is -3.37. The summed E-state index contributed by atoms with van der Waals surface area (Å²) < 4.78 is 33.1. The zero-order valence-electron chi connectivity index (χ0n) is 9.68. The summed E-state index contributed by atoms with van der Waals surface area (Å²) in [5.41, 5.74) is 5.43. The maximum absolute atomic E-state index is 11.9. The smallest absolute Gasteiger partial charge is 0.279 e. The first kappa shape index (κ1) is 13.9. The molecule has 0 amide bonds. The zero-order chi connectivity index (χ0) is 12.0. The number of morpholine rings is 1. The third-order valence-electron chi connectivity index (χ3n) is 2.63. The molecule has 1 atom stereocenters. The molecule has 1 saturated heterocycles. The van der Waals surface area contributed by atoms with Crippen LogP contribution in [0.5, 0.6) is 0 Å². The fourth-order valence-corrected chi connectivity index (χ4v) is 3.10. The summed E-state index contributed by atoms with van der Waals surface area (Å²) in [5, 5.41) is 0. The van der Waals surface area contributed by atoms with Gasteiger partial charge in [-0.2, -0.15) is 17.4 Å². The Morgan fingerprint density at radius 3 is 2.56 bits per heavy atom. The lowest BCUT2D eigenvalue weighted by Gasteiger charge is -2.28. The molecule has 1 aliphatic heterocycles. The molecule has 0 aromatic heterocycles. The number of rotatable bonds is 6. The van der Waals surface area contributed by atoms with E-state index >= 15 is 0 Å². The molecule has 6 nitrogen and oxygen atoms in total. The van der Waals surface area contributed by atoms with E-state index in [1.807, 2.05) is 6.92 Å². The maximum Gasteiger partial charge on any atom is 0.279 e. The fraction of sp³-hybridized carbons (Fsp3) is 1.00. The molecule has 1 aliphatic rings. The predicted octanol–water partition coefficient (Wildman–Crippen LogP) is -0.720. The van der Waals surface area contributed by atoms with Crippen molar-refractivity contribution < 1.29 is 13.2 Å².